The third-order valence-electron chi connectivity index (χ3n) is 2.39. The van der Waals surface area contributed by atoms with E-state index in [-0.39, 0.29) is 30.7 Å². The average molecular weight is 260 g/mol. The second-order valence-electron chi connectivity index (χ2n) is 3.52. The number of carbonyl (C=O) groups excluding carboxylic acids is 1. The number of nitrogens with two attached hydrogens (primary N) is 1. The number of rotatable bonds is 5. The fourth-order valence-corrected chi connectivity index (χ4v) is 1.62. The van der Waals surface area contributed by atoms with Crippen LogP contribution < -0.4 is 11.3 Å². The van der Waals surface area contributed by atoms with Gasteiger partial charge in [-0.2, -0.15) is 0 Å². The Bertz CT molecular complexity index is 486. The molecule has 0 saturated heterocycles. The van der Waals surface area contributed by atoms with Crippen LogP contribution in [-0.2, 0) is 22.5 Å². The van der Waals surface area contributed by atoms with Gasteiger partial charge in [0.1, 0.15) is 0 Å². The Kier molecular flexibility index (Phi) is 4.96. The van der Waals surface area contributed by atoms with Crippen molar-refractivity contribution in [3.63, 3.8) is 0 Å². The molecule has 1 heterocycles. The van der Waals surface area contributed by atoms with E-state index in [0.29, 0.717) is 0 Å². The smallest absolute Gasteiger partial charge is 0.310 e. The van der Waals surface area contributed by atoms with Crippen molar-refractivity contribution in [2.24, 2.45) is 5.73 Å². The van der Waals surface area contributed by atoms with Crippen LogP contribution in [-0.4, -0.2) is 17.6 Å². The molecule has 3 N–H and O–H groups in total. The fraction of sp³-hybridized carbons (Fsp3) is 0.455. The van der Waals surface area contributed by atoms with Crippen molar-refractivity contribution < 1.29 is 18.3 Å². The van der Waals surface area contributed by atoms with Crippen molar-refractivity contribution >= 4 is 5.97 Å². The molecule has 0 atom stereocenters. The summed E-state index contributed by atoms with van der Waals surface area (Å²) in [6.45, 7) is 1.46. The van der Waals surface area contributed by atoms with Crippen molar-refractivity contribution in [2.75, 3.05) is 6.61 Å². The number of ether oxygens (including phenoxy) is 1. The quantitative estimate of drug-likeness (QED) is 0.769. The summed E-state index contributed by atoms with van der Waals surface area (Å²) in [5.41, 5.74) is 3.96. The normalized spacial score (nSPS) is 10.7. The van der Waals surface area contributed by atoms with Crippen LogP contribution >= 0.6 is 0 Å². The molecule has 18 heavy (non-hydrogen) atoms. The SMILES string of the molecule is CCOC(=O)Cc1c[nH]c(=O)c(CN)c1C(F)F. The van der Waals surface area contributed by atoms with Gasteiger partial charge in [-0.05, 0) is 12.5 Å². The minimum Gasteiger partial charge on any atom is -0.466 e. The lowest BCUT2D eigenvalue weighted by atomic mass is 10.0. The van der Waals surface area contributed by atoms with Crippen LogP contribution in [0.4, 0.5) is 8.78 Å². The van der Waals surface area contributed by atoms with E-state index >= 15 is 0 Å². The van der Waals surface area contributed by atoms with E-state index in [0.717, 1.165) is 6.20 Å². The van der Waals surface area contributed by atoms with Crippen LogP contribution in [0.5, 0.6) is 0 Å². The highest BCUT2D eigenvalue weighted by Crippen LogP contribution is 2.24. The van der Waals surface area contributed by atoms with Crippen molar-refractivity contribution in [3.8, 4) is 0 Å². The van der Waals surface area contributed by atoms with Crippen molar-refractivity contribution in [1.82, 2.24) is 4.98 Å². The number of pyridine rings is 1. The Morgan fingerprint density at radius 2 is 2.22 bits per heavy atom. The zero-order valence-electron chi connectivity index (χ0n) is 9.83. The first-order chi connectivity index (χ1) is 8.51. The molecule has 0 unspecified atom stereocenters. The lowest BCUT2D eigenvalue weighted by Gasteiger charge is -2.11. The molecule has 0 aromatic carbocycles. The summed E-state index contributed by atoms with van der Waals surface area (Å²) in [7, 11) is 0. The molecular formula is C11H14F2N2O3. The standard InChI is InChI=1S/C11H14F2N2O3/c1-2-18-8(16)3-6-5-15-11(17)7(4-14)9(6)10(12)13/h5,10H,2-4,14H2,1H3,(H,15,17). The molecule has 0 amide bonds. The molecule has 1 rings (SSSR count). The predicted octanol–water partition coefficient (Wildman–Crippen LogP) is 0.877. The molecule has 0 aliphatic carbocycles. The van der Waals surface area contributed by atoms with Crippen LogP contribution in [0.15, 0.2) is 11.0 Å². The lowest BCUT2D eigenvalue weighted by Crippen LogP contribution is -2.22. The molecular weight excluding hydrogens is 246 g/mol. The highest BCUT2D eigenvalue weighted by Gasteiger charge is 2.21. The largest absolute Gasteiger partial charge is 0.466 e. The van der Waals surface area contributed by atoms with E-state index < -0.39 is 23.5 Å². The van der Waals surface area contributed by atoms with Crippen molar-refractivity contribution in [3.05, 3.63) is 33.2 Å². The lowest BCUT2D eigenvalue weighted by molar-refractivity contribution is -0.142. The molecule has 7 heteroatoms. The Hall–Kier alpha value is -1.76. The van der Waals surface area contributed by atoms with E-state index in [2.05, 4.69) is 9.72 Å². The maximum Gasteiger partial charge on any atom is 0.310 e. The Morgan fingerprint density at radius 1 is 1.56 bits per heavy atom. The summed E-state index contributed by atoms with van der Waals surface area (Å²) >= 11 is 0. The number of nitrogens with one attached hydrogen (secondary N) is 1. The maximum absolute atomic E-state index is 12.9. The average Bonchev–Trinajstić information content (AvgIpc) is 2.30. The first kappa shape index (κ1) is 14.3. The number of carbonyl (C=O) groups is 1. The van der Waals surface area contributed by atoms with Gasteiger partial charge in [0.25, 0.3) is 12.0 Å². The Balaban J connectivity index is 3.19. The molecule has 0 aliphatic heterocycles. The third kappa shape index (κ3) is 3.13. The number of H-pyrrole nitrogens is 1. The Morgan fingerprint density at radius 3 is 2.72 bits per heavy atom. The van der Waals surface area contributed by atoms with Gasteiger partial charge in [-0.25, -0.2) is 8.78 Å². The molecule has 5 nitrogen and oxygen atoms in total. The van der Waals surface area contributed by atoms with Gasteiger partial charge in [0.05, 0.1) is 13.0 Å². The summed E-state index contributed by atoms with van der Waals surface area (Å²) in [6.07, 6.45) is -2.09. The summed E-state index contributed by atoms with van der Waals surface area (Å²) < 4.78 is 30.5. The zero-order valence-corrected chi connectivity index (χ0v) is 9.83. The zero-order chi connectivity index (χ0) is 13.7. The van der Waals surface area contributed by atoms with Crippen molar-refractivity contribution in [2.45, 2.75) is 26.3 Å². The van der Waals surface area contributed by atoms with Gasteiger partial charge < -0.3 is 15.5 Å². The molecule has 0 saturated carbocycles. The van der Waals surface area contributed by atoms with Gasteiger partial charge in [0.15, 0.2) is 0 Å². The van der Waals surface area contributed by atoms with Crippen LogP contribution in [0.25, 0.3) is 0 Å². The van der Waals surface area contributed by atoms with Gasteiger partial charge in [0.2, 0.25) is 0 Å². The molecule has 1 aromatic rings. The molecule has 100 valence electrons. The number of aromatic nitrogens is 1. The van der Waals surface area contributed by atoms with Crippen molar-refractivity contribution in [1.29, 1.82) is 0 Å². The van der Waals surface area contributed by atoms with Gasteiger partial charge >= 0.3 is 5.97 Å². The number of hydrogen-bond acceptors (Lipinski definition) is 4. The highest BCUT2D eigenvalue weighted by molar-refractivity contribution is 5.73. The third-order valence-corrected chi connectivity index (χ3v) is 2.39. The van der Waals surface area contributed by atoms with E-state index in [1.54, 1.807) is 6.92 Å². The molecule has 0 radical (unpaired) electrons. The van der Waals surface area contributed by atoms with Gasteiger partial charge in [-0.3, -0.25) is 9.59 Å². The summed E-state index contributed by atoms with van der Waals surface area (Å²) in [5, 5.41) is 0. The minimum atomic E-state index is -2.87. The Labute approximate surface area is 102 Å². The van der Waals surface area contributed by atoms with E-state index in [4.69, 9.17) is 5.73 Å². The molecule has 1 aromatic heterocycles. The van der Waals surface area contributed by atoms with Crippen LogP contribution in [0.1, 0.15) is 30.0 Å². The van der Waals surface area contributed by atoms with E-state index in [1.165, 1.54) is 0 Å². The second-order valence-corrected chi connectivity index (χ2v) is 3.52. The summed E-state index contributed by atoms with van der Waals surface area (Å²) in [5.74, 6) is -0.630. The minimum absolute atomic E-state index is 0.0310. The monoisotopic (exact) mass is 260 g/mol. The predicted molar refractivity (Wildman–Crippen MR) is 60.2 cm³/mol. The molecule has 0 spiro atoms. The molecule has 0 bridgehead atoms. The first-order valence-corrected chi connectivity index (χ1v) is 5.38. The van der Waals surface area contributed by atoms with Gasteiger partial charge in [0, 0.05) is 23.9 Å². The highest BCUT2D eigenvalue weighted by atomic mass is 19.3. The van der Waals surface area contributed by atoms with Gasteiger partial charge in [-0.15, -0.1) is 0 Å². The van der Waals surface area contributed by atoms with Crippen LogP contribution in [0.3, 0.4) is 0 Å². The van der Waals surface area contributed by atoms with Gasteiger partial charge in [-0.1, -0.05) is 0 Å². The molecule has 0 aliphatic rings. The summed E-state index contributed by atoms with van der Waals surface area (Å²) in [4.78, 5) is 24.9. The van der Waals surface area contributed by atoms with E-state index in [1.807, 2.05) is 0 Å². The fourth-order valence-electron chi connectivity index (χ4n) is 1.62. The van der Waals surface area contributed by atoms with E-state index in [9.17, 15) is 18.4 Å². The number of esters is 1. The van der Waals surface area contributed by atoms with Crippen LogP contribution in [0, 0.1) is 0 Å². The summed E-state index contributed by atoms with van der Waals surface area (Å²) in [6, 6.07) is 0. The van der Waals surface area contributed by atoms with Crippen LogP contribution in [0.2, 0.25) is 0 Å². The topological polar surface area (TPSA) is 85.2 Å². The maximum atomic E-state index is 12.9. The number of hydrogen-bond donors (Lipinski definition) is 2. The number of aromatic amines is 1. The first-order valence-electron chi connectivity index (χ1n) is 5.38. The second kappa shape index (κ2) is 6.25. The number of alkyl halides is 2. The molecule has 0 fully saturated rings. The number of halogens is 2.